The fourth-order valence-corrected chi connectivity index (χ4v) is 2.61. The Hall–Kier alpha value is -1.59. The van der Waals surface area contributed by atoms with Crippen LogP contribution in [0.1, 0.15) is 11.4 Å². The molecule has 0 amide bonds. The van der Waals surface area contributed by atoms with Crippen LogP contribution in [0.4, 0.5) is 0 Å². The molecule has 0 aliphatic heterocycles. The number of nitrogens with zero attached hydrogens (tertiary/aromatic N) is 3. The Morgan fingerprint density at radius 3 is 2.60 bits per heavy atom. The van der Waals surface area contributed by atoms with Gasteiger partial charge in [0.2, 0.25) is 0 Å². The van der Waals surface area contributed by atoms with Crippen molar-refractivity contribution in [2.24, 2.45) is 0 Å². The first-order valence-corrected chi connectivity index (χ1v) is 6.92. The quantitative estimate of drug-likeness (QED) is 0.617. The molecule has 0 saturated heterocycles. The lowest BCUT2D eigenvalue weighted by molar-refractivity contribution is -0.687. The van der Waals surface area contributed by atoms with Crippen molar-refractivity contribution in [2.45, 2.75) is 13.5 Å². The van der Waals surface area contributed by atoms with E-state index < -0.39 is 0 Å². The molecule has 0 saturated carbocycles. The van der Waals surface area contributed by atoms with Crippen LogP contribution in [0.2, 0.25) is 0 Å². The molecule has 20 heavy (non-hydrogen) atoms. The van der Waals surface area contributed by atoms with Crippen LogP contribution in [-0.4, -0.2) is 9.36 Å². The summed E-state index contributed by atoms with van der Waals surface area (Å²) in [6.45, 7) is 2.79. The van der Waals surface area contributed by atoms with E-state index in [4.69, 9.17) is 0 Å². The van der Waals surface area contributed by atoms with Gasteiger partial charge in [0.05, 0.1) is 5.56 Å². The fourth-order valence-electron chi connectivity index (χ4n) is 1.96. The van der Waals surface area contributed by atoms with Crippen LogP contribution in [-0.2, 0) is 6.54 Å². The van der Waals surface area contributed by atoms with E-state index in [1.54, 1.807) is 0 Å². The Bertz CT molecular complexity index is 682. The molecule has 0 fully saturated rings. The van der Waals surface area contributed by atoms with E-state index in [0.29, 0.717) is 0 Å². The van der Waals surface area contributed by atoms with Gasteiger partial charge in [-0.1, -0.05) is 30.3 Å². The monoisotopic (exact) mass is 347 g/mol. The van der Waals surface area contributed by atoms with Crippen molar-refractivity contribution in [1.82, 2.24) is 9.36 Å². The predicted octanol–water partition coefficient (Wildman–Crippen LogP) is -0.147. The summed E-state index contributed by atoms with van der Waals surface area (Å²) >= 11 is 1.44. The molecule has 0 unspecified atom stereocenters. The molecule has 0 N–H and O–H groups in total. The van der Waals surface area contributed by atoms with E-state index in [-0.39, 0.29) is 17.0 Å². The lowest BCUT2D eigenvalue weighted by Gasteiger charge is -1.99. The van der Waals surface area contributed by atoms with Crippen LogP contribution in [0.25, 0.3) is 10.6 Å². The molecule has 3 nitrogen and oxygen atoms in total. The number of rotatable bonds is 3. The molecule has 0 aliphatic carbocycles. The van der Waals surface area contributed by atoms with Crippen LogP contribution in [0.3, 0.4) is 0 Å². The van der Waals surface area contributed by atoms with E-state index in [2.05, 4.69) is 62.7 Å². The summed E-state index contributed by atoms with van der Waals surface area (Å²) in [4.78, 5) is 4.42. The summed E-state index contributed by atoms with van der Waals surface area (Å²) in [6.07, 6.45) is 4.19. The molecule has 102 valence electrons. The van der Waals surface area contributed by atoms with Gasteiger partial charge >= 0.3 is 0 Å². The molecule has 3 rings (SSSR count). The van der Waals surface area contributed by atoms with Crippen molar-refractivity contribution in [3.05, 3.63) is 66.2 Å². The summed E-state index contributed by atoms with van der Waals surface area (Å²) in [5.74, 6) is 0.832. The van der Waals surface area contributed by atoms with Gasteiger partial charge in [0, 0.05) is 11.6 Å². The largest absolute Gasteiger partial charge is 1.00 e. The standard InChI is InChI=1S/C15H14N3S.BrH/c1-12-16-15(19-17-12)14-8-5-9-18(11-14)10-13-6-3-2-4-7-13;/h2-9,11H,10H2,1H3;1H/q+1;/p-1. The minimum absolute atomic E-state index is 0. The maximum absolute atomic E-state index is 4.42. The fraction of sp³-hybridized carbons (Fsp3) is 0.133. The molecule has 0 radical (unpaired) electrons. The normalized spacial score (nSPS) is 10.1. The molecule has 1 aromatic carbocycles. The zero-order valence-electron chi connectivity index (χ0n) is 11.0. The van der Waals surface area contributed by atoms with Crippen molar-refractivity contribution in [3.63, 3.8) is 0 Å². The highest BCUT2D eigenvalue weighted by molar-refractivity contribution is 7.09. The average molecular weight is 348 g/mol. The first kappa shape index (κ1) is 14.8. The van der Waals surface area contributed by atoms with E-state index in [1.165, 1.54) is 17.1 Å². The summed E-state index contributed by atoms with van der Waals surface area (Å²) in [5, 5.41) is 0.972. The van der Waals surface area contributed by atoms with Crippen LogP contribution in [0.15, 0.2) is 54.9 Å². The van der Waals surface area contributed by atoms with Gasteiger partial charge in [0.15, 0.2) is 18.9 Å². The van der Waals surface area contributed by atoms with Crippen molar-refractivity contribution in [3.8, 4) is 10.6 Å². The third kappa shape index (κ3) is 3.49. The molecule has 2 heterocycles. The summed E-state index contributed by atoms with van der Waals surface area (Å²) < 4.78 is 6.40. The Kier molecular flexibility index (Phi) is 4.98. The molecule has 3 aromatic rings. The van der Waals surface area contributed by atoms with Gasteiger partial charge in [-0.3, -0.25) is 0 Å². The van der Waals surface area contributed by atoms with Gasteiger partial charge in [0.1, 0.15) is 10.8 Å². The highest BCUT2D eigenvalue weighted by atomic mass is 79.9. The van der Waals surface area contributed by atoms with E-state index in [1.807, 2.05) is 13.0 Å². The zero-order chi connectivity index (χ0) is 13.1. The molecular weight excluding hydrogens is 334 g/mol. The molecule has 0 atom stereocenters. The zero-order valence-corrected chi connectivity index (χ0v) is 13.4. The lowest BCUT2D eigenvalue weighted by atomic mass is 10.2. The number of aryl methyl sites for hydroxylation is 1. The second kappa shape index (κ2) is 6.72. The van der Waals surface area contributed by atoms with Crippen molar-refractivity contribution < 1.29 is 21.5 Å². The molecular formula is C15H14BrN3S. The van der Waals surface area contributed by atoms with Crippen molar-refractivity contribution in [2.75, 3.05) is 0 Å². The highest BCUT2D eigenvalue weighted by Crippen LogP contribution is 2.19. The second-order valence-electron chi connectivity index (χ2n) is 4.40. The third-order valence-corrected chi connectivity index (χ3v) is 3.70. The highest BCUT2D eigenvalue weighted by Gasteiger charge is 2.09. The minimum atomic E-state index is 0. The molecule has 5 heteroatoms. The summed E-state index contributed by atoms with van der Waals surface area (Å²) in [7, 11) is 0. The van der Waals surface area contributed by atoms with Gasteiger partial charge in [-0.15, -0.1) is 0 Å². The number of halogens is 1. The smallest absolute Gasteiger partial charge is 0.179 e. The number of pyridine rings is 1. The Morgan fingerprint density at radius 2 is 1.90 bits per heavy atom. The number of aromatic nitrogens is 3. The average Bonchev–Trinajstić information content (AvgIpc) is 2.87. The number of hydrogen-bond acceptors (Lipinski definition) is 3. The molecule has 0 bridgehead atoms. The van der Waals surface area contributed by atoms with Crippen molar-refractivity contribution >= 4 is 11.5 Å². The topological polar surface area (TPSA) is 29.7 Å². The number of hydrogen-bond donors (Lipinski definition) is 0. The van der Waals surface area contributed by atoms with Crippen LogP contribution < -0.4 is 21.5 Å². The molecule has 0 spiro atoms. The third-order valence-electron chi connectivity index (χ3n) is 2.84. The Morgan fingerprint density at radius 1 is 1.10 bits per heavy atom. The first-order valence-electron chi connectivity index (χ1n) is 6.15. The summed E-state index contributed by atoms with van der Waals surface area (Å²) in [6, 6.07) is 14.6. The van der Waals surface area contributed by atoms with Gasteiger partial charge in [-0.2, -0.15) is 4.37 Å². The predicted molar refractivity (Wildman–Crippen MR) is 75.8 cm³/mol. The van der Waals surface area contributed by atoms with Crippen LogP contribution in [0, 0.1) is 6.92 Å². The number of benzene rings is 1. The van der Waals surface area contributed by atoms with E-state index in [9.17, 15) is 0 Å². The maximum atomic E-state index is 4.42. The van der Waals surface area contributed by atoms with Gasteiger partial charge in [-0.05, 0) is 24.5 Å². The SMILES string of the molecule is Cc1nsc(-c2ccc[n+](Cc3ccccc3)c2)n1.[Br-]. The summed E-state index contributed by atoms with van der Waals surface area (Å²) in [5.41, 5.74) is 2.40. The second-order valence-corrected chi connectivity index (χ2v) is 5.15. The Labute approximate surface area is 132 Å². The van der Waals surface area contributed by atoms with Gasteiger partial charge < -0.3 is 17.0 Å². The van der Waals surface area contributed by atoms with E-state index >= 15 is 0 Å². The first-order chi connectivity index (χ1) is 9.31. The van der Waals surface area contributed by atoms with Crippen LogP contribution >= 0.6 is 11.5 Å². The van der Waals surface area contributed by atoms with Crippen LogP contribution in [0.5, 0.6) is 0 Å². The van der Waals surface area contributed by atoms with Crippen molar-refractivity contribution in [1.29, 1.82) is 0 Å². The molecule has 2 aromatic heterocycles. The van der Waals surface area contributed by atoms with Gasteiger partial charge in [-0.25, -0.2) is 9.55 Å². The minimum Gasteiger partial charge on any atom is -1.00 e. The van der Waals surface area contributed by atoms with E-state index in [0.717, 1.165) is 22.9 Å². The maximum Gasteiger partial charge on any atom is 0.179 e. The lowest BCUT2D eigenvalue weighted by Crippen LogP contribution is -3.00. The molecule has 0 aliphatic rings. The van der Waals surface area contributed by atoms with Gasteiger partial charge in [0.25, 0.3) is 0 Å². The Balaban J connectivity index is 0.00000147.